The maximum atomic E-state index is 12.3. The van der Waals surface area contributed by atoms with Crippen LogP contribution in [0.3, 0.4) is 0 Å². The molecule has 0 aliphatic carbocycles. The first-order chi connectivity index (χ1) is 19.5. The van der Waals surface area contributed by atoms with Gasteiger partial charge in [0.2, 0.25) is 5.91 Å². The minimum Gasteiger partial charge on any atom is -0.394 e. The molecule has 3 unspecified atom stereocenters. The van der Waals surface area contributed by atoms with Crippen LogP contribution in [0, 0.1) is 0 Å². The third kappa shape index (κ3) is 26.5. The highest BCUT2D eigenvalue weighted by Crippen LogP contribution is 2.11. The van der Waals surface area contributed by atoms with Crippen LogP contribution < -0.4 is 5.32 Å². The summed E-state index contributed by atoms with van der Waals surface area (Å²) in [6.07, 6.45) is 36.5. The Kier molecular flexibility index (Phi) is 29.0. The summed E-state index contributed by atoms with van der Waals surface area (Å²) >= 11 is 0. The van der Waals surface area contributed by atoms with E-state index in [-0.39, 0.29) is 18.9 Å². The molecule has 4 N–H and O–H groups in total. The second kappa shape index (κ2) is 30.3. The van der Waals surface area contributed by atoms with Crippen molar-refractivity contribution in [1.29, 1.82) is 0 Å². The van der Waals surface area contributed by atoms with E-state index in [0.717, 1.165) is 57.8 Å². The van der Waals surface area contributed by atoms with Crippen LogP contribution in [-0.2, 0) is 4.79 Å². The standard InChI is InChI=1S/C35H63NO4/c1-3-5-7-9-11-13-15-17-18-20-22-24-26-28-32(38)30-35(40)36-33(31-37)34(39)29-27-25-23-21-19-16-14-12-10-8-6-4-2/h11,13,15,17,19,21,27,29,32-34,37-39H,3-10,12,14,16,18,20,22-26,28,30-31H2,1-2H3,(H,36,40)/b13-11-,17-15-,21-19+,29-27+. The van der Waals surface area contributed by atoms with Gasteiger partial charge in [-0.3, -0.25) is 4.79 Å². The topological polar surface area (TPSA) is 89.8 Å². The van der Waals surface area contributed by atoms with E-state index in [1.165, 1.54) is 57.8 Å². The number of rotatable bonds is 28. The molecular weight excluding hydrogens is 498 g/mol. The Morgan fingerprint density at radius 3 is 1.80 bits per heavy atom. The van der Waals surface area contributed by atoms with Crippen LogP contribution in [0.1, 0.15) is 142 Å². The summed E-state index contributed by atoms with van der Waals surface area (Å²) in [6.45, 7) is 4.11. The highest BCUT2D eigenvalue weighted by atomic mass is 16.3. The summed E-state index contributed by atoms with van der Waals surface area (Å²) < 4.78 is 0. The summed E-state index contributed by atoms with van der Waals surface area (Å²) in [5.41, 5.74) is 0. The molecule has 0 bridgehead atoms. The van der Waals surface area contributed by atoms with Crippen LogP contribution in [-0.4, -0.2) is 46.1 Å². The molecule has 0 aromatic heterocycles. The van der Waals surface area contributed by atoms with Crippen molar-refractivity contribution in [2.75, 3.05) is 6.61 Å². The number of carbonyl (C=O) groups excluding carboxylic acids is 1. The quantitative estimate of drug-likeness (QED) is 0.0440. The van der Waals surface area contributed by atoms with Crippen molar-refractivity contribution in [1.82, 2.24) is 5.32 Å². The van der Waals surface area contributed by atoms with Gasteiger partial charge in [0.1, 0.15) is 0 Å². The number of hydrogen-bond donors (Lipinski definition) is 4. The molecule has 5 heteroatoms. The van der Waals surface area contributed by atoms with Crippen LogP contribution in [0.2, 0.25) is 0 Å². The molecule has 0 saturated carbocycles. The van der Waals surface area contributed by atoms with Gasteiger partial charge < -0.3 is 20.6 Å². The maximum Gasteiger partial charge on any atom is 0.222 e. The molecule has 0 fully saturated rings. The van der Waals surface area contributed by atoms with E-state index in [4.69, 9.17) is 0 Å². The monoisotopic (exact) mass is 561 g/mol. The van der Waals surface area contributed by atoms with Gasteiger partial charge in [0.15, 0.2) is 0 Å². The molecule has 3 atom stereocenters. The van der Waals surface area contributed by atoms with E-state index < -0.39 is 18.2 Å². The Morgan fingerprint density at radius 1 is 0.650 bits per heavy atom. The number of hydrogen-bond acceptors (Lipinski definition) is 4. The van der Waals surface area contributed by atoms with Gasteiger partial charge in [-0.2, -0.15) is 0 Å². The molecule has 232 valence electrons. The third-order valence-electron chi connectivity index (χ3n) is 7.12. The number of carbonyl (C=O) groups is 1. The van der Waals surface area contributed by atoms with Crippen molar-refractivity contribution < 1.29 is 20.1 Å². The van der Waals surface area contributed by atoms with Crippen molar-refractivity contribution >= 4 is 5.91 Å². The number of aliphatic hydroxyl groups excluding tert-OH is 3. The average Bonchev–Trinajstić information content (AvgIpc) is 2.94. The van der Waals surface area contributed by atoms with Crippen molar-refractivity contribution in [3.8, 4) is 0 Å². The molecule has 0 spiro atoms. The van der Waals surface area contributed by atoms with Gasteiger partial charge in [-0.25, -0.2) is 0 Å². The zero-order valence-electron chi connectivity index (χ0n) is 25.9. The fourth-order valence-corrected chi connectivity index (χ4v) is 4.52. The molecule has 40 heavy (non-hydrogen) atoms. The lowest BCUT2D eigenvalue weighted by Gasteiger charge is -2.20. The molecule has 5 nitrogen and oxygen atoms in total. The normalized spacial score (nSPS) is 14.6. The van der Waals surface area contributed by atoms with E-state index in [0.29, 0.717) is 6.42 Å². The van der Waals surface area contributed by atoms with Crippen LogP contribution in [0.15, 0.2) is 48.6 Å². The summed E-state index contributed by atoms with van der Waals surface area (Å²) in [5.74, 6) is -0.343. The minimum absolute atomic E-state index is 0.0103. The van der Waals surface area contributed by atoms with Crippen LogP contribution in [0.4, 0.5) is 0 Å². The molecule has 0 rings (SSSR count). The van der Waals surface area contributed by atoms with Crippen molar-refractivity contribution in [2.45, 2.75) is 161 Å². The first kappa shape index (κ1) is 38.3. The van der Waals surface area contributed by atoms with E-state index >= 15 is 0 Å². The summed E-state index contributed by atoms with van der Waals surface area (Å²) in [4.78, 5) is 12.3. The lowest BCUT2D eigenvalue weighted by Crippen LogP contribution is -2.45. The van der Waals surface area contributed by atoms with Gasteiger partial charge in [-0.1, -0.05) is 127 Å². The van der Waals surface area contributed by atoms with E-state index in [2.05, 4.69) is 55.6 Å². The maximum absolute atomic E-state index is 12.3. The van der Waals surface area contributed by atoms with Crippen molar-refractivity contribution in [3.63, 3.8) is 0 Å². The molecule has 0 aliphatic heterocycles. The van der Waals surface area contributed by atoms with Gasteiger partial charge in [-0.15, -0.1) is 0 Å². The molecule has 0 aliphatic rings. The van der Waals surface area contributed by atoms with E-state index in [9.17, 15) is 20.1 Å². The van der Waals surface area contributed by atoms with Gasteiger partial charge in [0, 0.05) is 0 Å². The van der Waals surface area contributed by atoms with Gasteiger partial charge >= 0.3 is 0 Å². The Bertz CT molecular complexity index is 670. The van der Waals surface area contributed by atoms with Crippen LogP contribution in [0.5, 0.6) is 0 Å². The largest absolute Gasteiger partial charge is 0.394 e. The predicted molar refractivity (Wildman–Crippen MR) is 171 cm³/mol. The average molecular weight is 562 g/mol. The van der Waals surface area contributed by atoms with Gasteiger partial charge in [0.25, 0.3) is 0 Å². The number of allylic oxidation sites excluding steroid dienone is 7. The number of aliphatic hydroxyl groups is 3. The number of nitrogens with one attached hydrogen (secondary N) is 1. The molecule has 0 radical (unpaired) electrons. The van der Waals surface area contributed by atoms with Crippen molar-refractivity contribution in [2.24, 2.45) is 0 Å². The first-order valence-corrected chi connectivity index (χ1v) is 16.4. The second-order valence-corrected chi connectivity index (χ2v) is 11.1. The van der Waals surface area contributed by atoms with E-state index in [1.54, 1.807) is 6.08 Å². The summed E-state index contributed by atoms with van der Waals surface area (Å²) in [5, 5.41) is 32.8. The SMILES string of the molecule is CCCCC/C=C\C=C/CCCCCCC(O)CC(=O)NC(CO)C(O)/C=C/CC/C=C/CCCCCCCC. The van der Waals surface area contributed by atoms with Crippen molar-refractivity contribution in [3.05, 3.63) is 48.6 Å². The number of amides is 1. The van der Waals surface area contributed by atoms with E-state index in [1.807, 2.05) is 6.08 Å². The Balaban J connectivity index is 3.90. The summed E-state index contributed by atoms with van der Waals surface area (Å²) in [6, 6.07) is -0.765. The lowest BCUT2D eigenvalue weighted by molar-refractivity contribution is -0.124. The molecule has 0 aromatic carbocycles. The van der Waals surface area contributed by atoms with Gasteiger partial charge in [-0.05, 0) is 57.8 Å². The van der Waals surface area contributed by atoms with Crippen LogP contribution >= 0.6 is 0 Å². The molecule has 0 saturated heterocycles. The molecule has 1 amide bonds. The highest BCUT2D eigenvalue weighted by Gasteiger charge is 2.19. The first-order valence-electron chi connectivity index (χ1n) is 16.4. The third-order valence-corrected chi connectivity index (χ3v) is 7.12. The molecular formula is C35H63NO4. The zero-order valence-corrected chi connectivity index (χ0v) is 25.9. The van der Waals surface area contributed by atoms with Crippen LogP contribution in [0.25, 0.3) is 0 Å². The lowest BCUT2D eigenvalue weighted by atomic mass is 10.0. The molecule has 0 aromatic rings. The zero-order chi connectivity index (χ0) is 29.5. The summed E-state index contributed by atoms with van der Waals surface area (Å²) in [7, 11) is 0. The smallest absolute Gasteiger partial charge is 0.222 e. The second-order valence-electron chi connectivity index (χ2n) is 11.1. The number of unbranched alkanes of at least 4 members (excludes halogenated alkanes) is 14. The Hall–Kier alpha value is -1.69. The highest BCUT2D eigenvalue weighted by molar-refractivity contribution is 5.76. The predicted octanol–water partition coefficient (Wildman–Crippen LogP) is 8.25. The fraction of sp³-hybridized carbons (Fsp3) is 0.743. The Morgan fingerprint density at radius 2 is 1.15 bits per heavy atom. The van der Waals surface area contributed by atoms with Gasteiger partial charge in [0.05, 0.1) is 31.3 Å². The molecule has 0 heterocycles. The Labute approximate surface area is 246 Å². The fourth-order valence-electron chi connectivity index (χ4n) is 4.52. The minimum atomic E-state index is -0.955.